The van der Waals surface area contributed by atoms with Gasteiger partial charge in [-0.05, 0) is 74.7 Å². The van der Waals surface area contributed by atoms with Gasteiger partial charge in [0, 0.05) is 42.5 Å². The monoisotopic (exact) mass is 432 g/mol. The first-order chi connectivity index (χ1) is 15.5. The van der Waals surface area contributed by atoms with Crippen molar-refractivity contribution >= 4 is 16.9 Å². The van der Waals surface area contributed by atoms with Crippen molar-refractivity contribution in [2.24, 2.45) is 0 Å². The summed E-state index contributed by atoms with van der Waals surface area (Å²) in [5, 5.41) is 1.13. The third kappa shape index (κ3) is 4.32. The molecule has 0 atom stereocenters. The van der Waals surface area contributed by atoms with Gasteiger partial charge in [0.05, 0.1) is 13.2 Å². The lowest BCUT2D eigenvalue weighted by atomic mass is 10.0. The highest BCUT2D eigenvalue weighted by molar-refractivity contribution is 5.95. The third-order valence-corrected chi connectivity index (χ3v) is 7.03. The average Bonchev–Trinajstić information content (AvgIpc) is 3.38. The molecule has 2 aliphatic rings. The van der Waals surface area contributed by atoms with Crippen molar-refractivity contribution in [3.05, 3.63) is 59.9 Å². The summed E-state index contributed by atoms with van der Waals surface area (Å²) in [6, 6.07) is 16.4. The molecule has 2 fully saturated rings. The van der Waals surface area contributed by atoms with E-state index in [1.165, 1.54) is 19.4 Å². The van der Waals surface area contributed by atoms with Crippen molar-refractivity contribution in [2.75, 3.05) is 39.4 Å². The number of likely N-dealkylation sites (tertiary alicyclic amines) is 1. The number of carbonyl (C=O) groups is 1. The summed E-state index contributed by atoms with van der Waals surface area (Å²) in [4.78, 5) is 17.1. The SMILES string of the molecule is CC1(C)CCCN1CCc1cc2cc(-c3ccc(C(=O)N4CCOCC4)cc3)ccc2o1. The van der Waals surface area contributed by atoms with Crippen LogP contribution in [0.4, 0.5) is 0 Å². The zero-order valence-electron chi connectivity index (χ0n) is 19.1. The van der Waals surface area contributed by atoms with Crippen LogP contribution in [0.15, 0.2) is 52.9 Å². The summed E-state index contributed by atoms with van der Waals surface area (Å²) in [6.45, 7) is 9.46. The Labute approximate surface area is 189 Å². The number of nitrogens with zero attached hydrogens (tertiary/aromatic N) is 2. The maximum absolute atomic E-state index is 12.7. The Bertz CT molecular complexity index is 1090. The highest BCUT2D eigenvalue weighted by atomic mass is 16.5. The second kappa shape index (κ2) is 8.72. The molecule has 168 valence electrons. The van der Waals surface area contributed by atoms with Gasteiger partial charge in [0.15, 0.2) is 0 Å². The predicted octanol–water partition coefficient (Wildman–Crippen LogP) is 4.99. The molecule has 2 aliphatic heterocycles. The minimum atomic E-state index is 0.0796. The minimum absolute atomic E-state index is 0.0796. The lowest BCUT2D eigenvalue weighted by Gasteiger charge is -2.31. The van der Waals surface area contributed by atoms with Gasteiger partial charge < -0.3 is 14.1 Å². The van der Waals surface area contributed by atoms with Crippen LogP contribution in [0.2, 0.25) is 0 Å². The Morgan fingerprint density at radius 3 is 2.44 bits per heavy atom. The molecule has 0 N–H and O–H groups in total. The first-order valence-electron chi connectivity index (χ1n) is 11.7. The summed E-state index contributed by atoms with van der Waals surface area (Å²) >= 11 is 0. The number of ether oxygens (including phenoxy) is 1. The maximum atomic E-state index is 12.7. The van der Waals surface area contributed by atoms with Gasteiger partial charge in [0.2, 0.25) is 0 Å². The van der Waals surface area contributed by atoms with Crippen LogP contribution in [-0.4, -0.2) is 60.6 Å². The molecule has 3 heterocycles. The van der Waals surface area contributed by atoms with Crippen molar-refractivity contribution in [3.8, 4) is 11.1 Å². The first kappa shape index (κ1) is 21.2. The Kier molecular flexibility index (Phi) is 5.78. The van der Waals surface area contributed by atoms with E-state index in [2.05, 4.69) is 43.0 Å². The third-order valence-electron chi connectivity index (χ3n) is 7.03. The Morgan fingerprint density at radius 1 is 0.969 bits per heavy atom. The van der Waals surface area contributed by atoms with E-state index in [0.717, 1.165) is 46.4 Å². The summed E-state index contributed by atoms with van der Waals surface area (Å²) in [5.74, 6) is 1.13. The molecule has 0 radical (unpaired) electrons. The number of furan rings is 1. The van der Waals surface area contributed by atoms with Gasteiger partial charge in [-0.15, -0.1) is 0 Å². The minimum Gasteiger partial charge on any atom is -0.461 e. The van der Waals surface area contributed by atoms with E-state index >= 15 is 0 Å². The fraction of sp³-hybridized carbons (Fsp3) is 0.444. The van der Waals surface area contributed by atoms with Crippen molar-refractivity contribution in [3.63, 3.8) is 0 Å². The van der Waals surface area contributed by atoms with Gasteiger partial charge in [0.1, 0.15) is 11.3 Å². The molecule has 0 bridgehead atoms. The van der Waals surface area contributed by atoms with Crippen LogP contribution < -0.4 is 0 Å². The number of hydrogen-bond acceptors (Lipinski definition) is 4. The Morgan fingerprint density at radius 2 is 1.72 bits per heavy atom. The number of fused-ring (bicyclic) bond motifs is 1. The summed E-state index contributed by atoms with van der Waals surface area (Å²) in [7, 11) is 0. The number of rotatable bonds is 5. The first-order valence-corrected chi connectivity index (χ1v) is 11.7. The molecule has 0 spiro atoms. The second-order valence-electron chi connectivity index (χ2n) is 9.60. The summed E-state index contributed by atoms with van der Waals surface area (Å²) in [6.07, 6.45) is 3.49. The molecule has 0 saturated carbocycles. The van der Waals surface area contributed by atoms with Gasteiger partial charge in [-0.2, -0.15) is 0 Å². The van der Waals surface area contributed by atoms with E-state index in [1.807, 2.05) is 29.2 Å². The topological polar surface area (TPSA) is 45.9 Å². The van der Waals surface area contributed by atoms with Gasteiger partial charge in [0.25, 0.3) is 5.91 Å². The van der Waals surface area contributed by atoms with Crippen LogP contribution in [0.5, 0.6) is 0 Å². The van der Waals surface area contributed by atoms with Crippen LogP contribution in [0.1, 0.15) is 42.8 Å². The van der Waals surface area contributed by atoms with Crippen molar-refractivity contribution in [1.29, 1.82) is 0 Å². The standard InChI is InChI=1S/C27H32N2O3/c1-27(2)11-3-12-29(27)13-10-24-19-23-18-22(8-9-25(23)32-24)20-4-6-21(7-5-20)26(30)28-14-16-31-17-15-28/h4-9,18-19H,3,10-17H2,1-2H3. The van der Waals surface area contributed by atoms with Gasteiger partial charge in [-0.1, -0.05) is 18.2 Å². The summed E-state index contributed by atoms with van der Waals surface area (Å²) < 4.78 is 11.5. The number of carbonyl (C=O) groups excluding carboxylic acids is 1. The van der Waals surface area contributed by atoms with Crippen LogP contribution in [0, 0.1) is 0 Å². The van der Waals surface area contributed by atoms with E-state index in [4.69, 9.17) is 9.15 Å². The number of amides is 1. The van der Waals surface area contributed by atoms with E-state index in [0.29, 0.717) is 31.8 Å². The van der Waals surface area contributed by atoms with Gasteiger partial charge in [-0.3, -0.25) is 9.69 Å². The number of hydrogen-bond donors (Lipinski definition) is 0. The van der Waals surface area contributed by atoms with Crippen LogP contribution in [0.3, 0.4) is 0 Å². The van der Waals surface area contributed by atoms with Crippen molar-refractivity contribution in [1.82, 2.24) is 9.80 Å². The smallest absolute Gasteiger partial charge is 0.254 e. The van der Waals surface area contributed by atoms with Crippen molar-refractivity contribution in [2.45, 2.75) is 38.6 Å². The van der Waals surface area contributed by atoms with Crippen molar-refractivity contribution < 1.29 is 13.9 Å². The number of benzene rings is 2. The van der Waals surface area contributed by atoms with E-state index in [-0.39, 0.29) is 5.91 Å². The normalized spacial score (nSPS) is 19.0. The van der Waals surface area contributed by atoms with Crippen LogP contribution in [0.25, 0.3) is 22.1 Å². The summed E-state index contributed by atoms with van der Waals surface area (Å²) in [5.41, 5.74) is 4.20. The largest absolute Gasteiger partial charge is 0.461 e. The fourth-order valence-electron chi connectivity index (χ4n) is 4.98. The molecule has 2 aromatic carbocycles. The average molecular weight is 433 g/mol. The molecule has 5 nitrogen and oxygen atoms in total. The Hall–Kier alpha value is -2.63. The lowest BCUT2D eigenvalue weighted by molar-refractivity contribution is 0.0303. The Balaban J connectivity index is 1.28. The predicted molar refractivity (Wildman–Crippen MR) is 127 cm³/mol. The quantitative estimate of drug-likeness (QED) is 0.570. The lowest BCUT2D eigenvalue weighted by Crippen LogP contribution is -2.40. The molecule has 32 heavy (non-hydrogen) atoms. The van der Waals surface area contributed by atoms with Crippen LogP contribution in [-0.2, 0) is 11.2 Å². The zero-order valence-corrected chi connectivity index (χ0v) is 19.1. The fourth-order valence-corrected chi connectivity index (χ4v) is 4.98. The molecule has 2 saturated heterocycles. The molecule has 3 aromatic rings. The van der Waals surface area contributed by atoms with Gasteiger partial charge in [-0.25, -0.2) is 0 Å². The maximum Gasteiger partial charge on any atom is 0.254 e. The molecule has 1 aromatic heterocycles. The zero-order chi connectivity index (χ0) is 22.1. The molecule has 5 heteroatoms. The van der Waals surface area contributed by atoms with E-state index in [9.17, 15) is 4.79 Å². The second-order valence-corrected chi connectivity index (χ2v) is 9.60. The van der Waals surface area contributed by atoms with Crippen LogP contribution >= 0.6 is 0 Å². The molecule has 0 unspecified atom stereocenters. The highest BCUT2D eigenvalue weighted by Gasteiger charge is 2.31. The highest BCUT2D eigenvalue weighted by Crippen LogP contribution is 2.30. The molecular weight excluding hydrogens is 400 g/mol. The van der Waals surface area contributed by atoms with E-state index in [1.54, 1.807) is 0 Å². The molecular formula is C27H32N2O3. The molecule has 0 aliphatic carbocycles. The molecule has 1 amide bonds. The van der Waals surface area contributed by atoms with E-state index < -0.39 is 0 Å². The molecule has 5 rings (SSSR count). The number of morpholine rings is 1. The van der Waals surface area contributed by atoms with Gasteiger partial charge >= 0.3 is 0 Å².